The zero-order valence-corrected chi connectivity index (χ0v) is 12.9. The summed E-state index contributed by atoms with van der Waals surface area (Å²) in [6.45, 7) is 1.21. The number of amides is 1. The lowest BCUT2D eigenvalue weighted by atomic mass is 10.00. The fourth-order valence-electron chi connectivity index (χ4n) is 2.98. The Morgan fingerprint density at radius 2 is 1.92 bits per heavy atom. The fourth-order valence-corrected chi connectivity index (χ4v) is 2.98. The normalized spacial score (nSPS) is 13.6. The maximum atomic E-state index is 13.3. The average Bonchev–Trinajstić information content (AvgIpc) is 3.11. The molecule has 2 heterocycles. The zero-order chi connectivity index (χ0) is 16.5. The maximum absolute atomic E-state index is 13.3. The van der Waals surface area contributed by atoms with Gasteiger partial charge < -0.3 is 9.42 Å². The third-order valence-corrected chi connectivity index (χ3v) is 4.26. The Morgan fingerprint density at radius 1 is 1.08 bits per heavy atom. The lowest BCUT2D eigenvalue weighted by molar-refractivity contribution is 0.0692. The third kappa shape index (κ3) is 2.69. The van der Waals surface area contributed by atoms with Gasteiger partial charge in [-0.15, -0.1) is 0 Å². The van der Waals surface area contributed by atoms with Gasteiger partial charge in [0.2, 0.25) is 5.76 Å². The predicted molar refractivity (Wildman–Crippen MR) is 86.8 cm³/mol. The summed E-state index contributed by atoms with van der Waals surface area (Å²) in [6, 6.07) is 15.7. The van der Waals surface area contributed by atoms with Crippen LogP contribution in [0.4, 0.5) is 4.39 Å². The van der Waals surface area contributed by atoms with Crippen molar-refractivity contribution < 1.29 is 13.7 Å². The molecule has 0 N–H and O–H groups in total. The number of fused-ring (bicyclic) bond motifs is 1. The van der Waals surface area contributed by atoms with Crippen LogP contribution in [0.2, 0.25) is 0 Å². The first kappa shape index (κ1) is 14.6. The van der Waals surface area contributed by atoms with Crippen molar-refractivity contribution in [2.24, 2.45) is 0 Å². The van der Waals surface area contributed by atoms with Crippen LogP contribution in [0.15, 0.2) is 59.1 Å². The molecule has 4 nitrogen and oxygen atoms in total. The van der Waals surface area contributed by atoms with Crippen LogP contribution in [0.1, 0.15) is 21.7 Å². The molecule has 0 spiro atoms. The smallest absolute Gasteiger partial charge is 0.292 e. The van der Waals surface area contributed by atoms with E-state index in [2.05, 4.69) is 11.2 Å². The van der Waals surface area contributed by atoms with Gasteiger partial charge in [0.05, 0.1) is 0 Å². The summed E-state index contributed by atoms with van der Waals surface area (Å²) in [5.41, 5.74) is 3.47. The van der Waals surface area contributed by atoms with Crippen molar-refractivity contribution in [2.45, 2.75) is 13.0 Å². The zero-order valence-electron chi connectivity index (χ0n) is 12.9. The van der Waals surface area contributed by atoms with Gasteiger partial charge >= 0.3 is 0 Å². The van der Waals surface area contributed by atoms with Gasteiger partial charge in [0.25, 0.3) is 5.91 Å². The van der Waals surface area contributed by atoms with Crippen LogP contribution in [-0.2, 0) is 13.0 Å². The molecular weight excluding hydrogens is 307 g/mol. The van der Waals surface area contributed by atoms with Crippen molar-refractivity contribution in [2.75, 3.05) is 6.54 Å². The fraction of sp³-hybridized carbons (Fsp3) is 0.158. The molecule has 1 aliphatic rings. The van der Waals surface area contributed by atoms with Crippen molar-refractivity contribution in [3.05, 3.63) is 77.3 Å². The molecule has 0 bridgehead atoms. The van der Waals surface area contributed by atoms with E-state index in [1.165, 1.54) is 17.7 Å². The van der Waals surface area contributed by atoms with Crippen LogP contribution < -0.4 is 0 Å². The molecule has 0 aliphatic carbocycles. The van der Waals surface area contributed by atoms with Gasteiger partial charge in [0, 0.05) is 24.7 Å². The second-order valence-corrected chi connectivity index (χ2v) is 5.83. The molecule has 3 aromatic rings. The summed E-state index contributed by atoms with van der Waals surface area (Å²) in [5.74, 6) is -0.371. The minimum absolute atomic E-state index is 0.175. The van der Waals surface area contributed by atoms with E-state index < -0.39 is 0 Å². The molecule has 24 heavy (non-hydrogen) atoms. The lowest BCUT2D eigenvalue weighted by Gasteiger charge is -2.27. The monoisotopic (exact) mass is 322 g/mol. The molecule has 4 rings (SSSR count). The van der Waals surface area contributed by atoms with Crippen molar-refractivity contribution in [3.8, 4) is 11.3 Å². The molecule has 0 atom stereocenters. The Labute approximate surface area is 138 Å². The highest BCUT2D eigenvalue weighted by Gasteiger charge is 2.24. The molecular formula is C19H15FN2O2. The number of rotatable bonds is 2. The van der Waals surface area contributed by atoms with E-state index in [1.54, 1.807) is 23.1 Å². The first-order chi connectivity index (χ1) is 11.7. The number of halogens is 1. The van der Waals surface area contributed by atoms with Crippen molar-refractivity contribution in [1.29, 1.82) is 0 Å². The first-order valence-electron chi connectivity index (χ1n) is 7.79. The number of benzene rings is 2. The summed E-state index contributed by atoms with van der Waals surface area (Å²) >= 11 is 0. The summed E-state index contributed by atoms with van der Waals surface area (Å²) in [7, 11) is 0. The Morgan fingerprint density at radius 3 is 2.75 bits per heavy atom. The number of hydrogen-bond acceptors (Lipinski definition) is 3. The topological polar surface area (TPSA) is 46.3 Å². The largest absolute Gasteiger partial charge is 0.350 e. The van der Waals surface area contributed by atoms with E-state index in [-0.39, 0.29) is 17.5 Å². The SMILES string of the molecule is O=C(c1cc(-c2cccc(F)c2)no1)N1CCc2ccccc2C1. The van der Waals surface area contributed by atoms with Crippen LogP contribution in [0.5, 0.6) is 0 Å². The van der Waals surface area contributed by atoms with Crippen LogP contribution in [0.25, 0.3) is 11.3 Å². The summed E-state index contributed by atoms with van der Waals surface area (Å²) in [4.78, 5) is 14.4. The van der Waals surface area contributed by atoms with E-state index in [0.717, 1.165) is 12.0 Å². The summed E-state index contributed by atoms with van der Waals surface area (Å²) in [6.07, 6.45) is 0.826. The molecule has 2 aromatic carbocycles. The van der Waals surface area contributed by atoms with E-state index in [9.17, 15) is 9.18 Å². The molecule has 0 radical (unpaired) electrons. The van der Waals surface area contributed by atoms with Crippen molar-refractivity contribution >= 4 is 5.91 Å². The van der Waals surface area contributed by atoms with Gasteiger partial charge in [-0.2, -0.15) is 0 Å². The minimum Gasteiger partial charge on any atom is -0.350 e. The Bertz CT molecular complexity index is 904. The number of carbonyl (C=O) groups is 1. The van der Waals surface area contributed by atoms with E-state index in [4.69, 9.17) is 4.52 Å². The molecule has 1 amide bonds. The van der Waals surface area contributed by atoms with E-state index in [0.29, 0.717) is 24.3 Å². The molecule has 5 heteroatoms. The molecule has 0 saturated heterocycles. The quantitative estimate of drug-likeness (QED) is 0.723. The Kier molecular flexibility index (Phi) is 3.61. The molecule has 0 fully saturated rings. The molecule has 1 aliphatic heterocycles. The number of nitrogens with zero attached hydrogens (tertiary/aromatic N) is 2. The number of carbonyl (C=O) groups excluding carboxylic acids is 1. The van der Waals surface area contributed by atoms with E-state index >= 15 is 0 Å². The highest BCUT2D eigenvalue weighted by Crippen LogP contribution is 2.23. The molecule has 0 unspecified atom stereocenters. The van der Waals surface area contributed by atoms with E-state index in [1.807, 2.05) is 18.2 Å². The van der Waals surface area contributed by atoms with Crippen molar-refractivity contribution in [1.82, 2.24) is 10.1 Å². The second-order valence-electron chi connectivity index (χ2n) is 5.83. The van der Waals surface area contributed by atoms with Crippen LogP contribution >= 0.6 is 0 Å². The van der Waals surface area contributed by atoms with Gasteiger partial charge in [-0.3, -0.25) is 4.79 Å². The number of aromatic nitrogens is 1. The van der Waals surface area contributed by atoms with Crippen LogP contribution in [0, 0.1) is 5.82 Å². The highest BCUT2D eigenvalue weighted by atomic mass is 19.1. The summed E-state index contributed by atoms with van der Waals surface area (Å²) < 4.78 is 18.5. The Hall–Kier alpha value is -2.95. The van der Waals surface area contributed by atoms with Crippen LogP contribution in [0.3, 0.4) is 0 Å². The highest BCUT2D eigenvalue weighted by molar-refractivity contribution is 5.92. The maximum Gasteiger partial charge on any atom is 0.292 e. The standard InChI is InChI=1S/C19H15FN2O2/c20-16-7-3-6-14(10-16)17-11-18(24-21-17)19(23)22-9-8-13-4-1-2-5-15(13)12-22/h1-7,10-11H,8-9,12H2. The van der Waals surface area contributed by atoms with Crippen LogP contribution in [-0.4, -0.2) is 22.5 Å². The molecule has 1 aromatic heterocycles. The summed E-state index contributed by atoms with van der Waals surface area (Å²) in [5, 5.41) is 3.90. The molecule has 0 saturated carbocycles. The minimum atomic E-state index is -0.351. The Balaban J connectivity index is 1.56. The predicted octanol–water partition coefficient (Wildman–Crippen LogP) is 3.68. The van der Waals surface area contributed by atoms with Gasteiger partial charge in [0.15, 0.2) is 0 Å². The number of hydrogen-bond donors (Lipinski definition) is 0. The lowest BCUT2D eigenvalue weighted by Crippen LogP contribution is -2.35. The first-order valence-corrected chi connectivity index (χ1v) is 7.79. The van der Waals surface area contributed by atoms with Gasteiger partial charge in [0.1, 0.15) is 11.5 Å². The van der Waals surface area contributed by atoms with Crippen molar-refractivity contribution in [3.63, 3.8) is 0 Å². The second kappa shape index (κ2) is 5.92. The third-order valence-electron chi connectivity index (χ3n) is 4.26. The van der Waals surface area contributed by atoms with Gasteiger partial charge in [-0.25, -0.2) is 4.39 Å². The molecule has 120 valence electrons. The van der Waals surface area contributed by atoms with Gasteiger partial charge in [-0.05, 0) is 29.7 Å². The average molecular weight is 322 g/mol. The van der Waals surface area contributed by atoms with Gasteiger partial charge in [-0.1, -0.05) is 41.6 Å².